The van der Waals surface area contributed by atoms with Gasteiger partial charge in [-0.1, -0.05) is 42.5 Å². The first kappa shape index (κ1) is 37.2. The third kappa shape index (κ3) is 7.51. The molecule has 15 nitrogen and oxygen atoms in total. The van der Waals surface area contributed by atoms with Gasteiger partial charge in [-0.15, -0.1) is 11.8 Å². The number of β-lactam (4-membered cyclic amide) rings is 1. The van der Waals surface area contributed by atoms with E-state index in [-0.39, 0.29) is 41.6 Å². The summed E-state index contributed by atoms with van der Waals surface area (Å²) >= 11 is 1.21. The van der Waals surface area contributed by atoms with Crippen LogP contribution in [0.3, 0.4) is 0 Å². The third-order valence-electron chi connectivity index (χ3n) is 9.38. The SMILES string of the molecule is CC(=O)OCC1=C(C(=O)O)N2C(=O)C(N(Cc3ccc(-c4ccc(N(C(C)=O)C(=O)C5CCCN5)cc4)[nH]c3=O)C(=O)C(N)c3ccccc3)[C@@H]2SC1. The summed E-state index contributed by atoms with van der Waals surface area (Å²) in [6.45, 7) is 2.60. The maximum absolute atomic E-state index is 14.1. The number of amides is 4. The molecule has 1 aromatic heterocycles. The molecule has 2 aromatic carbocycles. The molecule has 4 amide bonds. The second-order valence-electron chi connectivity index (χ2n) is 12.9. The van der Waals surface area contributed by atoms with Crippen LogP contribution in [0.4, 0.5) is 5.69 Å². The van der Waals surface area contributed by atoms with Crippen LogP contribution in [-0.2, 0) is 40.0 Å². The Morgan fingerprint density at radius 3 is 2.34 bits per heavy atom. The first-order valence-corrected chi connectivity index (χ1v) is 18.0. The number of aromatic nitrogens is 1. The summed E-state index contributed by atoms with van der Waals surface area (Å²) in [5, 5.41) is 12.3. The lowest BCUT2D eigenvalue weighted by molar-refractivity contribution is -0.161. The molecule has 0 radical (unpaired) electrons. The number of esters is 1. The van der Waals surface area contributed by atoms with E-state index in [0.29, 0.717) is 35.5 Å². The van der Waals surface area contributed by atoms with Crippen LogP contribution < -0.4 is 21.5 Å². The quantitative estimate of drug-likeness (QED) is 0.164. The summed E-state index contributed by atoms with van der Waals surface area (Å²) in [6.07, 6.45) is 1.48. The molecule has 53 heavy (non-hydrogen) atoms. The number of aromatic amines is 1. The van der Waals surface area contributed by atoms with Crippen molar-refractivity contribution in [3.63, 3.8) is 0 Å². The van der Waals surface area contributed by atoms with Crippen molar-refractivity contribution in [2.75, 3.05) is 23.8 Å². The van der Waals surface area contributed by atoms with Crippen molar-refractivity contribution in [3.05, 3.63) is 99.5 Å². The Hall–Kier alpha value is -5.58. The minimum Gasteiger partial charge on any atom is -0.477 e. The highest BCUT2D eigenvalue weighted by atomic mass is 32.2. The number of benzene rings is 2. The van der Waals surface area contributed by atoms with Gasteiger partial charge in [-0.2, -0.15) is 0 Å². The lowest BCUT2D eigenvalue weighted by atomic mass is 9.98. The van der Waals surface area contributed by atoms with E-state index in [1.807, 2.05) is 0 Å². The van der Waals surface area contributed by atoms with Crippen LogP contribution in [0.2, 0.25) is 0 Å². The predicted octanol–water partition coefficient (Wildman–Crippen LogP) is 1.89. The summed E-state index contributed by atoms with van der Waals surface area (Å²) in [5.74, 6) is -3.93. The Morgan fingerprint density at radius 2 is 1.74 bits per heavy atom. The molecule has 3 aliphatic heterocycles. The minimum absolute atomic E-state index is 0.122. The van der Waals surface area contributed by atoms with E-state index < -0.39 is 58.7 Å². The topological polar surface area (TPSA) is 213 Å². The number of fused-ring (bicyclic) bond motifs is 1. The van der Waals surface area contributed by atoms with Crippen molar-refractivity contribution in [2.45, 2.75) is 56.7 Å². The van der Waals surface area contributed by atoms with Crippen molar-refractivity contribution in [2.24, 2.45) is 5.73 Å². The number of hydrogen-bond acceptors (Lipinski definition) is 11. The van der Waals surface area contributed by atoms with Crippen molar-refractivity contribution >= 4 is 53.0 Å². The number of carbonyl (C=O) groups excluding carboxylic acids is 5. The number of rotatable bonds is 11. The molecular formula is C37H38N6O9S. The number of nitrogens with one attached hydrogen (secondary N) is 2. The number of nitrogens with two attached hydrogens (primary N) is 1. The molecule has 3 aliphatic rings. The summed E-state index contributed by atoms with van der Waals surface area (Å²) < 4.78 is 5.02. The Labute approximate surface area is 308 Å². The highest BCUT2D eigenvalue weighted by Crippen LogP contribution is 2.43. The fourth-order valence-corrected chi connectivity index (χ4v) is 8.09. The number of carbonyl (C=O) groups is 6. The molecule has 5 N–H and O–H groups in total. The molecule has 276 valence electrons. The maximum atomic E-state index is 14.1. The highest BCUT2D eigenvalue weighted by Gasteiger charge is 2.57. The molecule has 3 aromatic rings. The number of aliphatic carboxylic acids is 1. The smallest absolute Gasteiger partial charge is 0.352 e. The van der Waals surface area contributed by atoms with Crippen LogP contribution in [0.25, 0.3) is 11.3 Å². The van der Waals surface area contributed by atoms with E-state index in [4.69, 9.17) is 10.5 Å². The number of H-pyrrole nitrogens is 1. The number of anilines is 1. The minimum atomic E-state index is -1.38. The monoisotopic (exact) mass is 742 g/mol. The summed E-state index contributed by atoms with van der Waals surface area (Å²) in [6, 6.07) is 15.5. The van der Waals surface area contributed by atoms with E-state index in [2.05, 4.69) is 10.3 Å². The normalized spacial score (nSPS) is 19.9. The average molecular weight is 743 g/mol. The molecule has 0 spiro atoms. The first-order valence-electron chi connectivity index (χ1n) is 16.9. The van der Waals surface area contributed by atoms with Gasteiger partial charge >= 0.3 is 11.9 Å². The number of ether oxygens (including phenoxy) is 1. The van der Waals surface area contributed by atoms with Crippen LogP contribution in [0.5, 0.6) is 0 Å². The van der Waals surface area contributed by atoms with Gasteiger partial charge in [0.2, 0.25) is 11.8 Å². The number of imide groups is 1. The van der Waals surface area contributed by atoms with Crippen molar-refractivity contribution < 1.29 is 38.6 Å². The lowest BCUT2D eigenvalue weighted by Gasteiger charge is -2.53. The number of hydrogen-bond donors (Lipinski definition) is 4. The molecule has 3 unspecified atom stereocenters. The number of carboxylic acid groups (broad SMARTS) is 1. The van der Waals surface area contributed by atoms with E-state index in [9.17, 15) is 38.7 Å². The van der Waals surface area contributed by atoms with E-state index in [1.54, 1.807) is 60.7 Å². The number of nitrogens with zero attached hydrogens (tertiary/aromatic N) is 3. The molecule has 6 rings (SSSR count). The standard InChI is InChI=1S/C37H38N6O9S/c1-20(44)42(33(47)28-9-6-16-39-28)26-13-10-22(11-14-26)27-15-12-24(32(46)40-27)17-41(34(48)29(38)23-7-4-3-5-8-23)31-35(49)43-30(37(50)51)25(18-52-21(2)45)19-53-36(31)43/h3-5,7-8,10-15,28-29,31,36,39H,6,9,16-19,38H2,1-2H3,(H,40,46)(H,50,51)/t28?,29?,31?,36-/m0/s1. The molecule has 4 atom stereocenters. The van der Waals surface area contributed by atoms with Gasteiger partial charge in [0.1, 0.15) is 29.8 Å². The molecule has 0 saturated carbocycles. The summed E-state index contributed by atoms with van der Waals surface area (Å²) in [7, 11) is 0. The Morgan fingerprint density at radius 1 is 1.02 bits per heavy atom. The zero-order valence-corrected chi connectivity index (χ0v) is 29.8. The van der Waals surface area contributed by atoms with Gasteiger partial charge in [0.05, 0.1) is 18.3 Å². The largest absolute Gasteiger partial charge is 0.477 e. The molecule has 16 heteroatoms. The number of pyridine rings is 1. The number of carboxylic acids is 1. The summed E-state index contributed by atoms with van der Waals surface area (Å²) in [4.78, 5) is 96.9. The predicted molar refractivity (Wildman–Crippen MR) is 194 cm³/mol. The Balaban J connectivity index is 1.27. The lowest BCUT2D eigenvalue weighted by Crippen LogP contribution is -2.71. The van der Waals surface area contributed by atoms with E-state index in [0.717, 1.165) is 16.2 Å². The molecule has 2 fully saturated rings. The summed E-state index contributed by atoms with van der Waals surface area (Å²) in [5.41, 5.74) is 7.85. The van der Waals surface area contributed by atoms with Crippen LogP contribution in [0, 0.1) is 0 Å². The van der Waals surface area contributed by atoms with Gasteiger partial charge < -0.3 is 30.8 Å². The van der Waals surface area contributed by atoms with Gasteiger partial charge in [-0.25, -0.2) is 9.69 Å². The van der Waals surface area contributed by atoms with Gasteiger partial charge in [0.15, 0.2) is 0 Å². The first-order chi connectivity index (χ1) is 25.4. The van der Waals surface area contributed by atoms with Crippen LogP contribution in [0.1, 0.15) is 43.9 Å². The Bertz CT molecular complexity index is 2040. The Kier molecular flexibility index (Phi) is 10.9. The van der Waals surface area contributed by atoms with E-state index in [1.165, 1.54) is 36.6 Å². The molecular weight excluding hydrogens is 705 g/mol. The van der Waals surface area contributed by atoms with Crippen molar-refractivity contribution in [1.29, 1.82) is 0 Å². The zero-order chi connectivity index (χ0) is 38.0. The van der Waals surface area contributed by atoms with Gasteiger partial charge in [0, 0.05) is 36.4 Å². The highest BCUT2D eigenvalue weighted by molar-refractivity contribution is 8.00. The average Bonchev–Trinajstić information content (AvgIpc) is 3.69. The fraction of sp³-hybridized carbons (Fsp3) is 0.324. The number of thioether (sulfide) groups is 1. The van der Waals surface area contributed by atoms with Gasteiger partial charge in [-0.3, -0.25) is 33.7 Å². The maximum Gasteiger partial charge on any atom is 0.352 e. The van der Waals surface area contributed by atoms with Crippen LogP contribution in [0.15, 0.2) is 82.8 Å². The van der Waals surface area contributed by atoms with Crippen LogP contribution in [-0.4, -0.2) is 91.8 Å². The molecule has 2 saturated heterocycles. The second-order valence-corrected chi connectivity index (χ2v) is 14.0. The molecule has 4 heterocycles. The third-order valence-corrected chi connectivity index (χ3v) is 10.7. The van der Waals surface area contributed by atoms with Crippen molar-refractivity contribution in [3.8, 4) is 11.3 Å². The fourth-order valence-electron chi connectivity index (χ4n) is 6.70. The molecule has 0 aliphatic carbocycles. The van der Waals surface area contributed by atoms with Gasteiger partial charge in [-0.05, 0) is 54.8 Å². The van der Waals surface area contributed by atoms with Crippen LogP contribution >= 0.6 is 11.8 Å². The van der Waals surface area contributed by atoms with E-state index >= 15 is 0 Å². The zero-order valence-electron chi connectivity index (χ0n) is 28.9. The second kappa shape index (κ2) is 15.6. The van der Waals surface area contributed by atoms with Gasteiger partial charge in [0.25, 0.3) is 17.4 Å². The van der Waals surface area contributed by atoms with Crippen molar-refractivity contribution in [1.82, 2.24) is 20.1 Å². The molecule has 0 bridgehead atoms.